The smallest absolute Gasteiger partial charge is 0.255 e. The molecule has 0 bridgehead atoms. The Bertz CT molecular complexity index is 1210. The normalized spacial score (nSPS) is 20.7. The van der Waals surface area contributed by atoms with Crippen molar-refractivity contribution in [2.45, 2.75) is 18.6 Å². The number of hydrogen-bond acceptors (Lipinski definition) is 7. The van der Waals surface area contributed by atoms with Crippen molar-refractivity contribution in [3.8, 4) is 11.3 Å². The second-order valence-corrected chi connectivity index (χ2v) is 8.81. The molecule has 5 rings (SSSR count). The number of halogens is 1. The van der Waals surface area contributed by atoms with Gasteiger partial charge in [0.2, 0.25) is 5.95 Å². The zero-order valence-electron chi connectivity index (χ0n) is 19.4. The van der Waals surface area contributed by atoms with E-state index in [-0.39, 0.29) is 17.2 Å². The molecule has 4 heterocycles. The maximum atomic E-state index is 14.3. The summed E-state index contributed by atoms with van der Waals surface area (Å²) in [7, 11) is 3.70. The van der Waals surface area contributed by atoms with Crippen LogP contribution in [0.2, 0.25) is 0 Å². The van der Waals surface area contributed by atoms with Crippen LogP contribution < -0.4 is 20.7 Å². The first-order valence-electron chi connectivity index (χ1n) is 11.6. The van der Waals surface area contributed by atoms with E-state index in [2.05, 4.69) is 44.5 Å². The molecule has 0 radical (unpaired) electrons. The molecule has 2 saturated heterocycles. The lowest BCUT2D eigenvalue weighted by atomic mass is 10.1. The van der Waals surface area contributed by atoms with Crippen LogP contribution >= 0.6 is 0 Å². The molecule has 2 fully saturated rings. The van der Waals surface area contributed by atoms with Gasteiger partial charge in [0, 0.05) is 56.2 Å². The quantitative estimate of drug-likeness (QED) is 0.621. The minimum atomic E-state index is -0.506. The van der Waals surface area contributed by atoms with E-state index in [0.29, 0.717) is 37.4 Å². The first kappa shape index (κ1) is 22.5. The summed E-state index contributed by atoms with van der Waals surface area (Å²) in [5, 5.41) is 3.35. The van der Waals surface area contributed by atoms with Crippen molar-refractivity contribution >= 4 is 11.6 Å². The Hall–Kier alpha value is -3.30. The molecule has 178 valence electrons. The van der Waals surface area contributed by atoms with Crippen LogP contribution in [0, 0.1) is 5.82 Å². The first-order valence-corrected chi connectivity index (χ1v) is 11.6. The van der Waals surface area contributed by atoms with Crippen molar-refractivity contribution in [3.05, 3.63) is 70.5 Å². The average molecular weight is 465 g/mol. The molecule has 1 aromatic carbocycles. The predicted molar refractivity (Wildman–Crippen MR) is 130 cm³/mol. The van der Waals surface area contributed by atoms with E-state index in [9.17, 15) is 9.18 Å². The van der Waals surface area contributed by atoms with Gasteiger partial charge in [-0.05, 0) is 37.2 Å². The number of nitrogens with zero attached hydrogens (tertiary/aromatic N) is 5. The Balaban J connectivity index is 1.37. The van der Waals surface area contributed by atoms with Gasteiger partial charge in [0.05, 0.1) is 25.0 Å². The van der Waals surface area contributed by atoms with E-state index in [1.807, 2.05) is 11.9 Å². The van der Waals surface area contributed by atoms with Gasteiger partial charge in [-0.2, -0.15) is 0 Å². The average Bonchev–Trinajstić information content (AvgIpc) is 3.36. The van der Waals surface area contributed by atoms with E-state index in [0.717, 1.165) is 31.3 Å². The predicted octanol–water partition coefficient (Wildman–Crippen LogP) is 2.36. The van der Waals surface area contributed by atoms with Crippen LogP contribution in [-0.2, 0) is 11.8 Å². The summed E-state index contributed by atoms with van der Waals surface area (Å²) >= 11 is 0. The highest BCUT2D eigenvalue weighted by atomic mass is 19.1. The van der Waals surface area contributed by atoms with Crippen LogP contribution in [-0.4, -0.2) is 60.4 Å². The number of rotatable bonds is 5. The number of ether oxygens (including phenoxy) is 1. The summed E-state index contributed by atoms with van der Waals surface area (Å²) in [5.41, 5.74) is 2.62. The van der Waals surface area contributed by atoms with Crippen LogP contribution in [0.1, 0.15) is 18.1 Å². The number of likely N-dealkylation sites (N-methyl/N-ethyl adjacent to an activating group) is 1. The van der Waals surface area contributed by atoms with Crippen molar-refractivity contribution in [3.63, 3.8) is 0 Å². The third-order valence-electron chi connectivity index (χ3n) is 6.74. The number of aromatic nitrogens is 3. The highest BCUT2D eigenvalue weighted by molar-refractivity contribution is 5.60. The highest BCUT2D eigenvalue weighted by Crippen LogP contribution is 2.29. The molecule has 1 unspecified atom stereocenters. The molecule has 0 amide bonds. The van der Waals surface area contributed by atoms with E-state index >= 15 is 0 Å². The Morgan fingerprint density at radius 2 is 1.94 bits per heavy atom. The zero-order chi connectivity index (χ0) is 23.7. The molecule has 0 aliphatic carbocycles. The lowest BCUT2D eigenvalue weighted by Crippen LogP contribution is -2.41. The molecule has 1 N–H and O–H groups in total. The molecule has 9 heteroatoms. The molecule has 8 nitrogen and oxygen atoms in total. The summed E-state index contributed by atoms with van der Waals surface area (Å²) in [6.07, 6.45) is 3.62. The van der Waals surface area contributed by atoms with Crippen molar-refractivity contribution in [1.29, 1.82) is 0 Å². The fraction of sp³-hybridized carbons (Fsp3) is 0.400. The minimum Gasteiger partial charge on any atom is -0.370 e. The van der Waals surface area contributed by atoms with Gasteiger partial charge in [-0.3, -0.25) is 14.3 Å². The number of nitrogens with one attached hydrogen (secondary N) is 1. The number of pyridine rings is 1. The Morgan fingerprint density at radius 3 is 2.68 bits per heavy atom. The minimum absolute atomic E-state index is 0.148. The van der Waals surface area contributed by atoms with E-state index < -0.39 is 5.82 Å². The monoisotopic (exact) mass is 464 g/mol. The van der Waals surface area contributed by atoms with Crippen molar-refractivity contribution in [2.24, 2.45) is 7.05 Å². The van der Waals surface area contributed by atoms with Crippen molar-refractivity contribution in [1.82, 2.24) is 19.9 Å². The molecule has 0 saturated carbocycles. The van der Waals surface area contributed by atoms with Gasteiger partial charge in [0.25, 0.3) is 5.56 Å². The lowest BCUT2D eigenvalue weighted by molar-refractivity contribution is 0.0390. The molecule has 3 aromatic rings. The van der Waals surface area contributed by atoms with E-state index in [4.69, 9.17) is 4.74 Å². The van der Waals surface area contributed by atoms with Gasteiger partial charge in [-0.25, -0.2) is 9.37 Å². The second kappa shape index (κ2) is 9.52. The third kappa shape index (κ3) is 4.41. The largest absolute Gasteiger partial charge is 0.370 e. The second-order valence-electron chi connectivity index (χ2n) is 8.81. The Morgan fingerprint density at radius 1 is 1.12 bits per heavy atom. The summed E-state index contributed by atoms with van der Waals surface area (Å²) in [4.78, 5) is 25.5. The molecular weight excluding hydrogens is 435 g/mol. The number of benzene rings is 1. The van der Waals surface area contributed by atoms with Gasteiger partial charge >= 0.3 is 0 Å². The van der Waals surface area contributed by atoms with Gasteiger partial charge in [0.15, 0.2) is 5.82 Å². The van der Waals surface area contributed by atoms with Crippen molar-refractivity contribution < 1.29 is 9.13 Å². The van der Waals surface area contributed by atoms with Gasteiger partial charge in [0.1, 0.15) is 6.10 Å². The standard InChI is InChI=1S/C25H29FN6O2/c1-27-18-8-10-31(15-18)19-5-3-17(4-6-19)23-16-32(11-12-34-23)25-29-22(13-24(33)30(25)2)20-7-9-28-14-21(20)26/h3-7,9,13-14,18,23,27H,8,10-12,15-16H2,1-2H3/t18?,23-/m1/s1. The Kier molecular flexibility index (Phi) is 6.30. The van der Waals surface area contributed by atoms with Crippen LogP contribution in [0.25, 0.3) is 11.3 Å². The number of anilines is 2. The molecule has 2 aliphatic heterocycles. The van der Waals surface area contributed by atoms with Crippen molar-refractivity contribution in [2.75, 3.05) is 49.6 Å². The van der Waals surface area contributed by atoms with Crippen LogP contribution in [0.4, 0.5) is 16.0 Å². The molecular formula is C25H29FN6O2. The van der Waals surface area contributed by atoms with Gasteiger partial charge in [-0.1, -0.05) is 12.1 Å². The number of morpholine rings is 1. The summed E-state index contributed by atoms with van der Waals surface area (Å²) in [6, 6.07) is 12.0. The van der Waals surface area contributed by atoms with E-state index in [1.54, 1.807) is 7.05 Å². The molecule has 0 spiro atoms. The summed E-state index contributed by atoms with van der Waals surface area (Å²) < 4.78 is 21.9. The maximum Gasteiger partial charge on any atom is 0.255 e. The highest BCUT2D eigenvalue weighted by Gasteiger charge is 2.26. The fourth-order valence-electron chi connectivity index (χ4n) is 4.69. The van der Waals surface area contributed by atoms with Crippen LogP contribution in [0.3, 0.4) is 0 Å². The molecule has 34 heavy (non-hydrogen) atoms. The van der Waals surface area contributed by atoms with Gasteiger partial charge < -0.3 is 19.9 Å². The van der Waals surface area contributed by atoms with Crippen LogP contribution in [0.15, 0.2) is 53.6 Å². The summed E-state index contributed by atoms with van der Waals surface area (Å²) in [5.74, 6) is -0.00741. The molecule has 2 atom stereocenters. The first-order chi connectivity index (χ1) is 16.5. The topological polar surface area (TPSA) is 75.5 Å². The SMILES string of the molecule is CNC1CCN(c2ccc([C@H]3CN(c4nc(-c5ccncc5F)cc(=O)n4C)CCO3)cc2)C1. The van der Waals surface area contributed by atoms with E-state index in [1.165, 1.54) is 28.6 Å². The maximum absolute atomic E-state index is 14.3. The summed E-state index contributed by atoms with van der Waals surface area (Å²) in [6.45, 7) is 3.71. The van der Waals surface area contributed by atoms with Crippen LogP contribution in [0.5, 0.6) is 0 Å². The third-order valence-corrected chi connectivity index (χ3v) is 6.74. The zero-order valence-corrected chi connectivity index (χ0v) is 19.4. The molecule has 2 aromatic heterocycles. The van der Waals surface area contributed by atoms with Gasteiger partial charge in [-0.15, -0.1) is 0 Å². The lowest BCUT2D eigenvalue weighted by Gasteiger charge is -2.34. The Labute approximate surface area is 198 Å². The fourth-order valence-corrected chi connectivity index (χ4v) is 4.69. The number of hydrogen-bond donors (Lipinski definition) is 1. The molecule has 2 aliphatic rings.